The number of carboxylic acids is 1. The molecule has 3 aromatic rings. The smallest absolute Gasteiger partial charge is 0.434 e. The first-order valence-electron chi connectivity index (χ1n) is 19.8. The van der Waals surface area contributed by atoms with Crippen LogP contribution < -0.4 is 10.1 Å². The summed E-state index contributed by atoms with van der Waals surface area (Å²) in [7, 11) is 1.45. The van der Waals surface area contributed by atoms with Gasteiger partial charge in [-0.3, -0.25) is 9.69 Å². The van der Waals surface area contributed by atoms with Gasteiger partial charge in [0, 0.05) is 54.3 Å². The summed E-state index contributed by atoms with van der Waals surface area (Å²) < 4.78 is 120. The van der Waals surface area contributed by atoms with E-state index in [2.05, 4.69) is 15.3 Å². The second kappa shape index (κ2) is 14.4. The SMILES string of the molecule is CN(CC(F)(F)F)[C@H]1CC[C@@H](Oc2ccc3c(-c4ncc(C(=O)NC5(C(=O)O)C6CC7CC(C6)CC5C7)c(C(F)(F)F)n4)cn(C4CCC(F)(F)CC4)c3c2)CC1. The molecule has 4 bridgehead atoms. The number of aliphatic carboxylic acids is 1. The van der Waals surface area contributed by atoms with E-state index in [0.717, 1.165) is 12.6 Å². The molecule has 9 nitrogen and oxygen atoms in total. The van der Waals surface area contributed by atoms with Gasteiger partial charge in [-0.05, 0) is 113 Å². The monoisotopic (exact) mass is 811 g/mol. The molecular formula is C40H45F8N5O4. The summed E-state index contributed by atoms with van der Waals surface area (Å²) in [6, 6.07) is 4.23. The van der Waals surface area contributed by atoms with Crippen LogP contribution in [0.3, 0.4) is 0 Å². The first kappa shape index (κ1) is 39.8. The summed E-state index contributed by atoms with van der Waals surface area (Å²) >= 11 is 0. The number of nitrogens with zero attached hydrogens (tertiary/aromatic N) is 4. The zero-order valence-electron chi connectivity index (χ0n) is 31.3. The molecular weight excluding hydrogens is 766 g/mol. The molecule has 1 aromatic carbocycles. The van der Waals surface area contributed by atoms with Gasteiger partial charge < -0.3 is 19.7 Å². The molecule has 17 heteroatoms. The van der Waals surface area contributed by atoms with Crippen LogP contribution in [0.25, 0.3) is 22.3 Å². The number of carbonyl (C=O) groups is 2. The molecule has 6 aliphatic carbocycles. The Kier molecular flexibility index (Phi) is 10.0. The van der Waals surface area contributed by atoms with Gasteiger partial charge in [-0.2, -0.15) is 26.3 Å². The zero-order chi connectivity index (χ0) is 40.7. The number of benzene rings is 1. The second-order valence-corrected chi connectivity index (χ2v) is 17.2. The lowest BCUT2D eigenvalue weighted by atomic mass is 9.48. The highest BCUT2D eigenvalue weighted by Gasteiger charge is 2.62. The quantitative estimate of drug-likeness (QED) is 0.208. The lowest BCUT2D eigenvalue weighted by Crippen LogP contribution is -2.70. The molecule has 6 fully saturated rings. The topological polar surface area (TPSA) is 110 Å². The Morgan fingerprint density at radius 3 is 2.16 bits per heavy atom. The zero-order valence-corrected chi connectivity index (χ0v) is 31.3. The van der Waals surface area contributed by atoms with E-state index in [4.69, 9.17) is 4.74 Å². The summed E-state index contributed by atoms with van der Waals surface area (Å²) in [5.41, 5.74) is -3.46. The van der Waals surface area contributed by atoms with Gasteiger partial charge in [-0.15, -0.1) is 0 Å². The van der Waals surface area contributed by atoms with Crippen LogP contribution in [-0.4, -0.2) is 79.8 Å². The Labute approximate surface area is 323 Å². The standard InChI is InChI=1S/C40H45F8N5O4/c1-52(20-38(43,44)45)25-2-4-27(5-3-25)57-28-6-7-29-31(19-53(32(29)17-28)26-8-10-37(41,42)11-9-26)34-49-18-30(33(50-34)40(46,47)48)35(54)51-39(36(55)56)23-13-21-12-22(15-23)16-24(39)14-21/h6-7,17-19,21-27H,2-5,8-16,20H2,1H3,(H,51,54)(H,55,56)/t21?,22?,23?,24?,25-,27+,39?. The highest BCUT2D eigenvalue weighted by molar-refractivity contribution is 6.00. The van der Waals surface area contributed by atoms with Crippen molar-refractivity contribution in [2.75, 3.05) is 13.6 Å². The normalized spacial score (nSPS) is 30.2. The summed E-state index contributed by atoms with van der Waals surface area (Å²) in [6.07, 6.45) is -2.69. The maximum Gasteiger partial charge on any atom is 0.434 e. The van der Waals surface area contributed by atoms with Crippen LogP contribution in [0.5, 0.6) is 5.75 Å². The van der Waals surface area contributed by atoms with E-state index in [-0.39, 0.29) is 49.2 Å². The Morgan fingerprint density at radius 2 is 1.58 bits per heavy atom. The fourth-order valence-corrected chi connectivity index (χ4v) is 11.0. The number of halogens is 8. The Morgan fingerprint density at radius 1 is 0.947 bits per heavy atom. The largest absolute Gasteiger partial charge is 0.490 e. The minimum Gasteiger partial charge on any atom is -0.490 e. The van der Waals surface area contributed by atoms with Gasteiger partial charge >= 0.3 is 18.3 Å². The molecule has 9 rings (SSSR count). The van der Waals surface area contributed by atoms with Crippen molar-refractivity contribution < 1.29 is 54.6 Å². The third-order valence-corrected chi connectivity index (χ3v) is 13.5. The number of fused-ring (bicyclic) bond motifs is 1. The number of hydrogen-bond donors (Lipinski definition) is 2. The fraction of sp³-hybridized carbons (Fsp3) is 0.650. The lowest BCUT2D eigenvalue weighted by Gasteiger charge is -2.59. The Balaban J connectivity index is 1.09. The molecule has 0 saturated heterocycles. The van der Waals surface area contributed by atoms with E-state index in [1.54, 1.807) is 22.8 Å². The molecule has 0 radical (unpaired) electrons. The van der Waals surface area contributed by atoms with Crippen LogP contribution in [0.1, 0.15) is 106 Å². The van der Waals surface area contributed by atoms with Gasteiger partial charge in [0.15, 0.2) is 11.5 Å². The van der Waals surface area contributed by atoms with Crippen LogP contribution in [-0.2, 0) is 11.0 Å². The summed E-state index contributed by atoms with van der Waals surface area (Å²) in [4.78, 5) is 36.0. The van der Waals surface area contributed by atoms with Crippen molar-refractivity contribution in [3.05, 3.63) is 41.9 Å². The number of amides is 1. The Hall–Kier alpha value is -4.02. The number of carbonyl (C=O) groups excluding carboxylic acids is 1. The van der Waals surface area contributed by atoms with Crippen molar-refractivity contribution in [3.8, 4) is 17.1 Å². The molecule has 0 spiro atoms. The summed E-state index contributed by atoms with van der Waals surface area (Å²) in [5.74, 6) is -5.40. The van der Waals surface area contributed by atoms with E-state index in [0.29, 0.717) is 79.9 Å². The van der Waals surface area contributed by atoms with E-state index >= 15 is 0 Å². The highest BCUT2D eigenvalue weighted by atomic mass is 19.4. The van der Waals surface area contributed by atoms with Crippen LogP contribution in [0.4, 0.5) is 35.1 Å². The molecule has 1 amide bonds. The number of aromatic nitrogens is 3. The fourth-order valence-electron chi connectivity index (χ4n) is 11.0. The van der Waals surface area contributed by atoms with Crippen molar-refractivity contribution >= 4 is 22.8 Å². The van der Waals surface area contributed by atoms with Crippen molar-refractivity contribution in [2.45, 2.75) is 125 Å². The Bertz CT molecular complexity index is 1990. The maximum absolute atomic E-state index is 14.8. The van der Waals surface area contributed by atoms with Crippen molar-refractivity contribution in [1.29, 1.82) is 0 Å². The first-order valence-corrected chi connectivity index (χ1v) is 19.8. The van der Waals surface area contributed by atoms with Crippen LogP contribution >= 0.6 is 0 Å². The van der Waals surface area contributed by atoms with Gasteiger partial charge in [0.25, 0.3) is 5.91 Å². The molecule has 0 aliphatic heterocycles. The van der Waals surface area contributed by atoms with E-state index in [1.807, 2.05) is 0 Å². The molecule has 6 aliphatic rings. The number of nitrogens with one attached hydrogen (secondary N) is 1. The third kappa shape index (κ3) is 7.69. The van der Waals surface area contributed by atoms with E-state index < -0.39 is 71.4 Å². The number of alkyl halides is 8. The van der Waals surface area contributed by atoms with E-state index in [1.165, 1.54) is 18.1 Å². The number of hydrogen-bond acceptors (Lipinski definition) is 6. The molecule has 57 heavy (non-hydrogen) atoms. The average molecular weight is 812 g/mol. The molecule has 2 N–H and O–H groups in total. The van der Waals surface area contributed by atoms with Gasteiger partial charge in [-0.1, -0.05) is 0 Å². The first-order chi connectivity index (χ1) is 26.8. The molecule has 0 atom stereocenters. The van der Waals surface area contributed by atoms with Crippen molar-refractivity contribution in [3.63, 3.8) is 0 Å². The third-order valence-electron chi connectivity index (χ3n) is 13.5. The molecule has 6 saturated carbocycles. The van der Waals surface area contributed by atoms with Crippen molar-refractivity contribution in [2.24, 2.45) is 23.7 Å². The number of ether oxygens (including phenoxy) is 1. The van der Waals surface area contributed by atoms with Gasteiger partial charge in [0.1, 0.15) is 11.3 Å². The van der Waals surface area contributed by atoms with Crippen LogP contribution in [0.2, 0.25) is 0 Å². The lowest BCUT2D eigenvalue weighted by molar-refractivity contribution is -0.163. The molecule has 310 valence electrons. The predicted molar refractivity (Wildman–Crippen MR) is 191 cm³/mol. The minimum absolute atomic E-state index is 0.0966. The minimum atomic E-state index is -5.13. The number of rotatable bonds is 9. The molecule has 2 heterocycles. The van der Waals surface area contributed by atoms with Gasteiger partial charge in [0.2, 0.25) is 5.92 Å². The molecule has 2 aromatic heterocycles. The average Bonchev–Trinajstić information content (AvgIpc) is 3.50. The second-order valence-electron chi connectivity index (χ2n) is 17.2. The number of carboxylic acid groups (broad SMARTS) is 1. The highest BCUT2D eigenvalue weighted by Crippen LogP contribution is 2.58. The molecule has 0 unspecified atom stereocenters. The van der Waals surface area contributed by atoms with E-state index in [9.17, 15) is 49.8 Å². The van der Waals surface area contributed by atoms with Crippen LogP contribution in [0, 0.1) is 23.7 Å². The van der Waals surface area contributed by atoms with Gasteiger partial charge in [-0.25, -0.2) is 23.5 Å². The van der Waals surface area contributed by atoms with Crippen molar-refractivity contribution in [1.82, 2.24) is 24.8 Å². The summed E-state index contributed by atoms with van der Waals surface area (Å²) in [5, 5.41) is 13.4. The van der Waals surface area contributed by atoms with Crippen LogP contribution in [0.15, 0.2) is 30.6 Å². The maximum atomic E-state index is 14.8. The summed E-state index contributed by atoms with van der Waals surface area (Å²) in [6.45, 7) is -1.01. The van der Waals surface area contributed by atoms with Gasteiger partial charge in [0.05, 0.1) is 23.7 Å². The predicted octanol–water partition coefficient (Wildman–Crippen LogP) is 9.06.